The zero-order chi connectivity index (χ0) is 15.5. The lowest BCUT2D eigenvalue weighted by Crippen LogP contribution is -2.28. The molecule has 1 unspecified atom stereocenters. The summed E-state index contributed by atoms with van der Waals surface area (Å²) in [6, 6.07) is 7.96. The highest BCUT2D eigenvalue weighted by Crippen LogP contribution is 2.35. The van der Waals surface area contributed by atoms with Crippen LogP contribution in [0, 0.1) is 5.82 Å². The lowest BCUT2D eigenvalue weighted by molar-refractivity contribution is 0.0717. The molecule has 3 nitrogen and oxygen atoms in total. The summed E-state index contributed by atoms with van der Waals surface area (Å²) in [6.45, 7) is 5.63. The standard InChI is InChI=1S/C17H20FNO2/c1-4-17(20,15-7-5-6-8-16(15)18)13-9-14(11-19-10-13)21-12(2)3/h5-12,20H,4H2,1-3H3. The zero-order valence-electron chi connectivity index (χ0n) is 12.5. The summed E-state index contributed by atoms with van der Waals surface area (Å²) >= 11 is 0. The average Bonchev–Trinajstić information content (AvgIpc) is 2.46. The average molecular weight is 289 g/mol. The SMILES string of the molecule is CCC(O)(c1cncc(OC(C)C)c1)c1ccccc1F. The number of rotatable bonds is 5. The molecule has 1 aromatic carbocycles. The number of aromatic nitrogens is 1. The van der Waals surface area contributed by atoms with Crippen molar-refractivity contribution in [3.63, 3.8) is 0 Å². The Labute approximate surface area is 124 Å². The van der Waals surface area contributed by atoms with Crippen LogP contribution in [0.3, 0.4) is 0 Å². The molecule has 0 aliphatic carbocycles. The summed E-state index contributed by atoms with van der Waals surface area (Å²) in [7, 11) is 0. The van der Waals surface area contributed by atoms with E-state index in [9.17, 15) is 9.50 Å². The van der Waals surface area contributed by atoms with E-state index in [1.54, 1.807) is 36.7 Å². The molecule has 0 bridgehead atoms. The molecular formula is C17H20FNO2. The van der Waals surface area contributed by atoms with Crippen molar-refractivity contribution in [3.8, 4) is 5.75 Å². The second-order valence-corrected chi connectivity index (χ2v) is 5.27. The topological polar surface area (TPSA) is 42.4 Å². The van der Waals surface area contributed by atoms with E-state index in [-0.39, 0.29) is 11.7 Å². The number of aliphatic hydroxyl groups is 1. The maximum absolute atomic E-state index is 14.1. The Morgan fingerprint density at radius 2 is 2.00 bits per heavy atom. The van der Waals surface area contributed by atoms with Gasteiger partial charge in [-0.05, 0) is 32.4 Å². The highest BCUT2D eigenvalue weighted by atomic mass is 19.1. The van der Waals surface area contributed by atoms with Gasteiger partial charge in [-0.3, -0.25) is 4.98 Å². The lowest BCUT2D eigenvalue weighted by atomic mass is 9.84. The maximum Gasteiger partial charge on any atom is 0.138 e. The van der Waals surface area contributed by atoms with E-state index in [4.69, 9.17) is 4.74 Å². The summed E-state index contributed by atoms with van der Waals surface area (Å²) < 4.78 is 19.6. The normalized spacial score (nSPS) is 14.0. The number of pyridine rings is 1. The minimum absolute atomic E-state index is 0.00484. The van der Waals surface area contributed by atoms with Gasteiger partial charge in [0.25, 0.3) is 0 Å². The van der Waals surface area contributed by atoms with Crippen LogP contribution < -0.4 is 4.74 Å². The smallest absolute Gasteiger partial charge is 0.138 e. The van der Waals surface area contributed by atoms with Crippen molar-refractivity contribution in [1.82, 2.24) is 4.98 Å². The van der Waals surface area contributed by atoms with Gasteiger partial charge in [-0.1, -0.05) is 25.1 Å². The molecule has 1 N–H and O–H groups in total. The maximum atomic E-state index is 14.1. The summed E-state index contributed by atoms with van der Waals surface area (Å²) in [5, 5.41) is 11.0. The second-order valence-electron chi connectivity index (χ2n) is 5.27. The van der Waals surface area contributed by atoms with Crippen molar-refractivity contribution < 1.29 is 14.2 Å². The van der Waals surface area contributed by atoms with Crippen LogP contribution in [-0.2, 0) is 5.60 Å². The first-order valence-electron chi connectivity index (χ1n) is 7.07. The van der Waals surface area contributed by atoms with Gasteiger partial charge in [0.15, 0.2) is 0 Å². The second kappa shape index (κ2) is 6.22. The van der Waals surface area contributed by atoms with E-state index in [2.05, 4.69) is 4.98 Å². The van der Waals surface area contributed by atoms with Crippen molar-refractivity contribution in [2.45, 2.75) is 38.9 Å². The van der Waals surface area contributed by atoms with Crippen LogP contribution in [0.4, 0.5) is 4.39 Å². The van der Waals surface area contributed by atoms with Crippen molar-refractivity contribution in [3.05, 3.63) is 59.7 Å². The fourth-order valence-corrected chi connectivity index (χ4v) is 2.33. The van der Waals surface area contributed by atoms with Crippen molar-refractivity contribution in [2.75, 3.05) is 0 Å². The third-order valence-corrected chi connectivity index (χ3v) is 3.39. The molecule has 2 aromatic rings. The fraction of sp³-hybridized carbons (Fsp3) is 0.353. The van der Waals surface area contributed by atoms with Crippen LogP contribution in [0.1, 0.15) is 38.3 Å². The monoisotopic (exact) mass is 289 g/mol. The molecule has 1 heterocycles. The molecular weight excluding hydrogens is 269 g/mol. The van der Waals surface area contributed by atoms with Gasteiger partial charge in [0, 0.05) is 17.3 Å². The number of hydrogen-bond acceptors (Lipinski definition) is 3. The molecule has 21 heavy (non-hydrogen) atoms. The number of halogens is 1. The number of hydrogen-bond donors (Lipinski definition) is 1. The van der Waals surface area contributed by atoms with Crippen LogP contribution in [-0.4, -0.2) is 16.2 Å². The van der Waals surface area contributed by atoms with Crippen molar-refractivity contribution >= 4 is 0 Å². The molecule has 0 radical (unpaired) electrons. The number of nitrogens with zero attached hydrogens (tertiary/aromatic N) is 1. The van der Waals surface area contributed by atoms with E-state index in [0.29, 0.717) is 17.7 Å². The molecule has 0 saturated heterocycles. The van der Waals surface area contributed by atoms with Gasteiger partial charge in [-0.25, -0.2) is 4.39 Å². The first kappa shape index (κ1) is 15.4. The van der Waals surface area contributed by atoms with E-state index >= 15 is 0 Å². The molecule has 0 aliphatic heterocycles. The molecule has 1 aromatic heterocycles. The predicted octanol–water partition coefficient (Wildman–Crippen LogP) is 3.65. The van der Waals surface area contributed by atoms with Crippen LogP contribution >= 0.6 is 0 Å². The fourth-order valence-electron chi connectivity index (χ4n) is 2.33. The van der Waals surface area contributed by atoms with Crippen LogP contribution in [0.25, 0.3) is 0 Å². The number of ether oxygens (including phenoxy) is 1. The lowest BCUT2D eigenvalue weighted by Gasteiger charge is -2.28. The summed E-state index contributed by atoms with van der Waals surface area (Å²) in [6.07, 6.45) is 3.47. The van der Waals surface area contributed by atoms with E-state index in [1.165, 1.54) is 6.07 Å². The van der Waals surface area contributed by atoms with E-state index < -0.39 is 11.4 Å². The highest BCUT2D eigenvalue weighted by molar-refractivity contribution is 5.38. The first-order chi connectivity index (χ1) is 9.97. The van der Waals surface area contributed by atoms with Gasteiger partial charge in [-0.15, -0.1) is 0 Å². The summed E-state index contributed by atoms with van der Waals surface area (Å²) in [5.41, 5.74) is -0.654. The van der Waals surface area contributed by atoms with Crippen molar-refractivity contribution in [2.24, 2.45) is 0 Å². The Kier molecular flexibility index (Phi) is 4.58. The molecule has 2 rings (SSSR count). The number of benzene rings is 1. The summed E-state index contributed by atoms with van der Waals surface area (Å²) in [5.74, 6) is 0.128. The van der Waals surface area contributed by atoms with Gasteiger partial charge in [0.2, 0.25) is 0 Å². The zero-order valence-corrected chi connectivity index (χ0v) is 12.5. The molecule has 0 aliphatic rings. The molecule has 112 valence electrons. The first-order valence-corrected chi connectivity index (χ1v) is 7.07. The Hall–Kier alpha value is -1.94. The van der Waals surface area contributed by atoms with Crippen LogP contribution in [0.5, 0.6) is 5.75 Å². The van der Waals surface area contributed by atoms with Crippen LogP contribution in [0.15, 0.2) is 42.7 Å². The van der Waals surface area contributed by atoms with Gasteiger partial charge in [-0.2, -0.15) is 0 Å². The highest BCUT2D eigenvalue weighted by Gasteiger charge is 2.32. The van der Waals surface area contributed by atoms with E-state index in [1.807, 2.05) is 20.8 Å². The van der Waals surface area contributed by atoms with Gasteiger partial charge < -0.3 is 9.84 Å². The minimum atomic E-state index is -1.42. The molecule has 1 atom stereocenters. The van der Waals surface area contributed by atoms with Gasteiger partial charge >= 0.3 is 0 Å². The predicted molar refractivity (Wildman–Crippen MR) is 79.7 cm³/mol. The van der Waals surface area contributed by atoms with Crippen LogP contribution in [0.2, 0.25) is 0 Å². The van der Waals surface area contributed by atoms with Gasteiger partial charge in [0.1, 0.15) is 17.2 Å². The third-order valence-electron chi connectivity index (χ3n) is 3.39. The minimum Gasteiger partial charge on any atom is -0.489 e. The molecule has 0 amide bonds. The largest absolute Gasteiger partial charge is 0.489 e. The Bertz CT molecular complexity index is 615. The Morgan fingerprint density at radius 3 is 2.62 bits per heavy atom. The summed E-state index contributed by atoms with van der Waals surface area (Å²) in [4.78, 5) is 4.10. The van der Waals surface area contributed by atoms with E-state index in [0.717, 1.165) is 0 Å². The molecule has 0 fully saturated rings. The molecule has 4 heteroatoms. The Morgan fingerprint density at radius 1 is 1.29 bits per heavy atom. The molecule has 0 spiro atoms. The Balaban J connectivity index is 2.48. The van der Waals surface area contributed by atoms with Gasteiger partial charge in [0.05, 0.1) is 12.3 Å². The van der Waals surface area contributed by atoms with Crippen molar-refractivity contribution in [1.29, 1.82) is 0 Å². The third kappa shape index (κ3) is 3.22. The molecule has 0 saturated carbocycles. The quantitative estimate of drug-likeness (QED) is 0.913.